The molecule has 1 spiro atoms. The predicted molar refractivity (Wildman–Crippen MR) is 181 cm³/mol. The first kappa shape index (κ1) is 33.3. The number of aromatic nitrogens is 4. The van der Waals surface area contributed by atoms with Gasteiger partial charge in [0, 0.05) is 36.3 Å². The van der Waals surface area contributed by atoms with Crippen LogP contribution < -0.4 is 20.3 Å². The van der Waals surface area contributed by atoms with Crippen molar-refractivity contribution in [3.8, 4) is 12.1 Å². The number of fused-ring (bicyclic) bond motifs is 4. The number of aromatic amines is 1. The van der Waals surface area contributed by atoms with Crippen LogP contribution in [0.25, 0.3) is 11.0 Å². The Morgan fingerprint density at radius 2 is 1.82 bits per heavy atom. The summed E-state index contributed by atoms with van der Waals surface area (Å²) in [4.78, 5) is 40.1. The quantitative estimate of drug-likeness (QED) is 0.292. The van der Waals surface area contributed by atoms with Crippen LogP contribution in [0, 0.1) is 11.3 Å². The number of amides is 2. The number of alkyl halides is 1. The average molecular weight is 696 g/mol. The summed E-state index contributed by atoms with van der Waals surface area (Å²) in [5, 5.41) is 24.0. The van der Waals surface area contributed by atoms with E-state index in [1.807, 2.05) is 0 Å². The Hall–Kier alpha value is -4.23. The van der Waals surface area contributed by atoms with Crippen LogP contribution in [-0.2, 0) is 21.3 Å². The standard InChI is InChI=1S/C33H42FN9O5S/c1-30(2,3)47-28(44)37-24-21-23(40-41-24)36-27(46-17-33-9-7-11-43(33)14-18(34)12-33)38-25(21)42-15-32(16-42)10-8-20-22(32)19(13-35)26(49-20)39-29(45)48-31(4,5)6/h18H,7-12,14-17H2,1-6H3,(H,39,45)(H2,36,37,38,40,41,44)/t18-,33+/m1/s1. The maximum atomic E-state index is 14.5. The van der Waals surface area contributed by atoms with Crippen molar-refractivity contribution in [3.63, 3.8) is 0 Å². The van der Waals surface area contributed by atoms with Gasteiger partial charge in [-0.3, -0.25) is 20.6 Å². The van der Waals surface area contributed by atoms with Crippen molar-refractivity contribution in [3.05, 3.63) is 16.0 Å². The van der Waals surface area contributed by atoms with Crippen molar-refractivity contribution in [2.75, 3.05) is 48.3 Å². The van der Waals surface area contributed by atoms with Gasteiger partial charge in [-0.05, 0) is 79.3 Å². The highest BCUT2D eigenvalue weighted by Crippen LogP contribution is 2.54. The third kappa shape index (κ3) is 6.22. The predicted octanol–water partition coefficient (Wildman–Crippen LogP) is 5.64. The molecule has 3 aliphatic heterocycles. The number of nitriles is 1. The van der Waals surface area contributed by atoms with E-state index in [0.717, 1.165) is 42.7 Å². The number of rotatable bonds is 6. The molecule has 2 amide bonds. The lowest BCUT2D eigenvalue weighted by Crippen LogP contribution is -2.59. The zero-order valence-electron chi connectivity index (χ0n) is 28.7. The van der Waals surface area contributed by atoms with Gasteiger partial charge in [0.05, 0.1) is 11.1 Å². The summed E-state index contributed by atoms with van der Waals surface area (Å²) < 4.78 is 31.6. The van der Waals surface area contributed by atoms with E-state index in [0.29, 0.717) is 53.5 Å². The van der Waals surface area contributed by atoms with E-state index in [9.17, 15) is 19.2 Å². The highest BCUT2D eigenvalue weighted by atomic mass is 32.1. The van der Waals surface area contributed by atoms with Crippen LogP contribution >= 0.6 is 11.3 Å². The fourth-order valence-corrected chi connectivity index (χ4v) is 9.01. The molecule has 3 fully saturated rings. The first-order valence-electron chi connectivity index (χ1n) is 16.7. The highest BCUT2D eigenvalue weighted by Gasteiger charge is 2.53. The highest BCUT2D eigenvalue weighted by molar-refractivity contribution is 7.16. The van der Waals surface area contributed by atoms with Crippen molar-refractivity contribution >= 4 is 51.2 Å². The monoisotopic (exact) mass is 695 g/mol. The van der Waals surface area contributed by atoms with E-state index in [4.69, 9.17) is 19.2 Å². The van der Waals surface area contributed by atoms with Crippen molar-refractivity contribution in [2.24, 2.45) is 0 Å². The van der Waals surface area contributed by atoms with Crippen molar-refractivity contribution < 1.29 is 28.2 Å². The van der Waals surface area contributed by atoms with Crippen molar-refractivity contribution in [1.29, 1.82) is 5.26 Å². The Bertz CT molecular complexity index is 1850. The van der Waals surface area contributed by atoms with Gasteiger partial charge in [0.2, 0.25) is 0 Å². The third-order valence-electron chi connectivity index (χ3n) is 9.59. The van der Waals surface area contributed by atoms with Crippen LogP contribution in [0.2, 0.25) is 0 Å². The molecule has 3 saturated heterocycles. The zero-order chi connectivity index (χ0) is 34.9. The molecule has 0 unspecified atom stereocenters. The number of nitrogens with one attached hydrogen (secondary N) is 3. The van der Waals surface area contributed by atoms with Crippen LogP contribution in [0.1, 0.15) is 83.2 Å². The van der Waals surface area contributed by atoms with Gasteiger partial charge >= 0.3 is 18.2 Å². The minimum atomic E-state index is -0.888. The fraction of sp³-hybridized carbons (Fsp3) is 0.636. The van der Waals surface area contributed by atoms with Gasteiger partial charge in [0.15, 0.2) is 11.5 Å². The smallest absolute Gasteiger partial charge is 0.413 e. The van der Waals surface area contributed by atoms with Gasteiger partial charge in [-0.2, -0.15) is 20.3 Å². The Labute approximate surface area is 287 Å². The summed E-state index contributed by atoms with van der Waals surface area (Å²) in [6.45, 7) is 13.3. The van der Waals surface area contributed by atoms with Gasteiger partial charge < -0.3 is 19.1 Å². The van der Waals surface area contributed by atoms with Crippen LogP contribution in [0.15, 0.2) is 0 Å². The number of H-pyrrole nitrogens is 1. The van der Waals surface area contributed by atoms with Gasteiger partial charge in [-0.25, -0.2) is 14.0 Å². The van der Waals surface area contributed by atoms with Gasteiger partial charge in [0.25, 0.3) is 0 Å². The SMILES string of the molecule is CC(C)(C)OC(=O)Nc1sc2c(c1C#N)C1(CC2)CN(c2nc(OC[C@@]34CCCN3C[C@H](F)C4)nc3[nH]nc(NC(=O)OC(C)(C)C)c23)C1. The molecule has 3 N–H and O–H groups in total. The summed E-state index contributed by atoms with van der Waals surface area (Å²) in [6.07, 6.45) is 1.70. The Morgan fingerprint density at radius 1 is 1.10 bits per heavy atom. The molecule has 49 heavy (non-hydrogen) atoms. The molecule has 6 heterocycles. The molecular formula is C33H42FN9O5S. The van der Waals surface area contributed by atoms with Gasteiger partial charge in [-0.15, -0.1) is 11.3 Å². The van der Waals surface area contributed by atoms with Crippen molar-refractivity contribution in [2.45, 2.75) is 102 Å². The summed E-state index contributed by atoms with van der Waals surface area (Å²) in [5.74, 6) is 0.725. The lowest BCUT2D eigenvalue weighted by molar-refractivity contribution is 0.0624. The Kier molecular flexibility index (Phi) is 7.94. The second kappa shape index (κ2) is 11.7. The molecule has 262 valence electrons. The number of anilines is 3. The molecule has 7 rings (SSSR count). The molecule has 4 aliphatic rings. The van der Waals surface area contributed by atoms with E-state index in [2.05, 4.69) is 41.7 Å². The third-order valence-corrected chi connectivity index (χ3v) is 10.7. The lowest BCUT2D eigenvalue weighted by atomic mass is 9.74. The van der Waals surface area contributed by atoms with Crippen LogP contribution in [0.3, 0.4) is 0 Å². The second-order valence-corrected chi connectivity index (χ2v) is 16.7. The van der Waals surface area contributed by atoms with E-state index < -0.39 is 29.6 Å². The largest absolute Gasteiger partial charge is 0.461 e. The number of carbonyl (C=O) groups is 2. The summed E-state index contributed by atoms with van der Waals surface area (Å²) in [6, 6.07) is 2.47. The number of thiophene rings is 1. The van der Waals surface area contributed by atoms with Crippen LogP contribution in [-0.4, -0.2) is 93.0 Å². The molecule has 0 radical (unpaired) electrons. The van der Waals surface area contributed by atoms with E-state index in [-0.39, 0.29) is 29.4 Å². The van der Waals surface area contributed by atoms with Gasteiger partial charge in [0.1, 0.15) is 46.3 Å². The second-order valence-electron chi connectivity index (χ2n) is 15.6. The molecule has 16 heteroatoms. The minimum absolute atomic E-state index is 0.128. The van der Waals surface area contributed by atoms with Crippen LogP contribution in [0.4, 0.5) is 30.6 Å². The lowest BCUT2D eigenvalue weighted by Gasteiger charge is -2.49. The van der Waals surface area contributed by atoms with Gasteiger partial charge in [-0.1, -0.05) is 0 Å². The molecule has 14 nitrogen and oxygen atoms in total. The maximum Gasteiger partial charge on any atom is 0.413 e. The summed E-state index contributed by atoms with van der Waals surface area (Å²) in [7, 11) is 0. The Morgan fingerprint density at radius 3 is 2.51 bits per heavy atom. The molecule has 2 atom stereocenters. The molecule has 3 aromatic rings. The molecule has 1 aliphatic carbocycles. The van der Waals surface area contributed by atoms with E-state index in [1.165, 1.54) is 11.3 Å². The number of nitrogens with zero attached hydrogens (tertiary/aromatic N) is 6. The number of halogens is 1. The number of carbonyl (C=O) groups excluding carboxylic acids is 2. The first-order valence-corrected chi connectivity index (χ1v) is 17.5. The first-order chi connectivity index (χ1) is 23.1. The zero-order valence-corrected chi connectivity index (χ0v) is 29.5. The fourth-order valence-electron chi connectivity index (χ4n) is 7.76. The molecule has 0 saturated carbocycles. The molecule has 0 bridgehead atoms. The average Bonchev–Trinajstić information content (AvgIpc) is 3.75. The molecular weight excluding hydrogens is 653 g/mol. The Balaban J connectivity index is 1.18. The summed E-state index contributed by atoms with van der Waals surface area (Å²) in [5.41, 5.74) is -0.340. The number of aryl methyl sites for hydroxylation is 1. The minimum Gasteiger partial charge on any atom is -0.461 e. The maximum absolute atomic E-state index is 14.5. The number of hydrogen-bond donors (Lipinski definition) is 3. The number of hydrogen-bond acceptors (Lipinski definition) is 12. The summed E-state index contributed by atoms with van der Waals surface area (Å²) >= 11 is 1.42. The molecule has 3 aromatic heterocycles. The number of ether oxygens (including phenoxy) is 3. The normalized spacial score (nSPS) is 22.8. The van der Waals surface area contributed by atoms with Crippen LogP contribution in [0.5, 0.6) is 6.01 Å². The van der Waals surface area contributed by atoms with Crippen molar-refractivity contribution in [1.82, 2.24) is 25.1 Å². The van der Waals surface area contributed by atoms with E-state index >= 15 is 0 Å². The van der Waals surface area contributed by atoms with E-state index in [1.54, 1.807) is 41.5 Å². The topological polar surface area (TPSA) is 171 Å². The molecule has 0 aromatic carbocycles.